The number of thiazole rings is 1. The predicted octanol–water partition coefficient (Wildman–Crippen LogP) is 1.99. The van der Waals surface area contributed by atoms with E-state index in [2.05, 4.69) is 16.0 Å². The van der Waals surface area contributed by atoms with E-state index in [1.54, 1.807) is 29.0 Å². The molecule has 5 nitrogen and oxygen atoms in total. The van der Waals surface area contributed by atoms with Crippen LogP contribution in [0.5, 0.6) is 0 Å². The normalized spacial score (nSPS) is 10.6. The number of benzene rings is 1. The maximum Gasteiger partial charge on any atom is 0.201 e. The van der Waals surface area contributed by atoms with Gasteiger partial charge in [-0.25, -0.2) is 9.97 Å². The number of nitriles is 1. The van der Waals surface area contributed by atoms with Crippen LogP contribution in [0, 0.1) is 11.3 Å². The number of aromatic nitrogens is 3. The summed E-state index contributed by atoms with van der Waals surface area (Å²) in [6.45, 7) is 0.570. The number of hydrogen-bond donors (Lipinski definition) is 1. The molecule has 0 amide bonds. The highest BCUT2D eigenvalue weighted by Crippen LogP contribution is 2.20. The fourth-order valence-corrected chi connectivity index (χ4v) is 2.40. The molecule has 0 bridgehead atoms. The molecule has 1 aromatic carbocycles. The highest BCUT2D eigenvalue weighted by Gasteiger charge is 2.10. The smallest absolute Gasteiger partial charge is 0.201 e. The Bertz CT molecular complexity index is 736. The summed E-state index contributed by atoms with van der Waals surface area (Å²) >= 11 is 1.54. The molecular formula is C12H9N5S. The standard InChI is InChI=1S/C12H9N5S/c13-4-8-1-2-10-11(3-8)17(12(14)16-10)5-9-6-18-7-15-9/h1-3,6-7H,5H2,(H2,14,16). The first kappa shape index (κ1) is 10.7. The van der Waals surface area contributed by atoms with Gasteiger partial charge in [0.15, 0.2) is 0 Å². The van der Waals surface area contributed by atoms with Gasteiger partial charge in [0.25, 0.3) is 0 Å². The molecule has 0 aliphatic carbocycles. The van der Waals surface area contributed by atoms with Gasteiger partial charge in [-0.3, -0.25) is 0 Å². The van der Waals surface area contributed by atoms with Crippen molar-refractivity contribution in [3.63, 3.8) is 0 Å². The van der Waals surface area contributed by atoms with Crippen molar-refractivity contribution in [3.8, 4) is 6.07 Å². The number of rotatable bonds is 2. The minimum Gasteiger partial charge on any atom is -0.369 e. The molecule has 2 heterocycles. The fraction of sp³-hybridized carbons (Fsp3) is 0.0833. The Balaban J connectivity index is 2.15. The van der Waals surface area contributed by atoms with Crippen molar-refractivity contribution < 1.29 is 0 Å². The molecule has 0 fully saturated rings. The minimum atomic E-state index is 0.438. The van der Waals surface area contributed by atoms with E-state index >= 15 is 0 Å². The summed E-state index contributed by atoms with van der Waals surface area (Å²) in [6, 6.07) is 7.46. The molecule has 18 heavy (non-hydrogen) atoms. The summed E-state index contributed by atoms with van der Waals surface area (Å²) in [7, 11) is 0. The monoisotopic (exact) mass is 255 g/mol. The van der Waals surface area contributed by atoms with E-state index in [0.717, 1.165) is 16.7 Å². The highest BCUT2D eigenvalue weighted by atomic mass is 32.1. The molecule has 3 aromatic rings. The van der Waals surface area contributed by atoms with Gasteiger partial charge < -0.3 is 10.3 Å². The first-order chi connectivity index (χ1) is 8.78. The van der Waals surface area contributed by atoms with Crippen molar-refractivity contribution in [2.45, 2.75) is 6.54 Å². The van der Waals surface area contributed by atoms with Crippen LogP contribution in [0.1, 0.15) is 11.3 Å². The van der Waals surface area contributed by atoms with Crippen LogP contribution in [0.4, 0.5) is 5.95 Å². The maximum atomic E-state index is 8.93. The maximum absolute atomic E-state index is 8.93. The summed E-state index contributed by atoms with van der Waals surface area (Å²) in [5, 5.41) is 10.9. The van der Waals surface area contributed by atoms with Gasteiger partial charge in [0.2, 0.25) is 5.95 Å². The molecule has 0 aliphatic rings. The van der Waals surface area contributed by atoms with Crippen molar-refractivity contribution in [2.75, 3.05) is 5.73 Å². The summed E-state index contributed by atoms with van der Waals surface area (Å²) in [5.41, 5.74) is 10.9. The van der Waals surface area contributed by atoms with Crippen LogP contribution in [0.25, 0.3) is 11.0 Å². The van der Waals surface area contributed by atoms with E-state index in [0.29, 0.717) is 18.1 Å². The molecule has 0 spiro atoms. The summed E-state index contributed by atoms with van der Waals surface area (Å²) in [4.78, 5) is 8.51. The fourth-order valence-electron chi connectivity index (χ4n) is 1.85. The molecular weight excluding hydrogens is 246 g/mol. The van der Waals surface area contributed by atoms with Crippen molar-refractivity contribution in [1.82, 2.24) is 14.5 Å². The molecule has 0 aliphatic heterocycles. The van der Waals surface area contributed by atoms with Crippen LogP contribution < -0.4 is 5.73 Å². The topological polar surface area (TPSA) is 80.5 Å². The molecule has 0 saturated carbocycles. The zero-order valence-electron chi connectivity index (χ0n) is 9.37. The average Bonchev–Trinajstić information content (AvgIpc) is 2.99. The van der Waals surface area contributed by atoms with Crippen molar-refractivity contribution in [1.29, 1.82) is 5.26 Å². The van der Waals surface area contributed by atoms with E-state index in [9.17, 15) is 0 Å². The lowest BCUT2D eigenvalue weighted by molar-refractivity contribution is 0.816. The summed E-state index contributed by atoms with van der Waals surface area (Å²) in [6.07, 6.45) is 0. The van der Waals surface area contributed by atoms with Gasteiger partial charge >= 0.3 is 0 Å². The van der Waals surface area contributed by atoms with Gasteiger partial charge in [-0.1, -0.05) is 0 Å². The van der Waals surface area contributed by atoms with Gasteiger partial charge in [-0.15, -0.1) is 11.3 Å². The number of nitrogens with two attached hydrogens (primary N) is 1. The second kappa shape index (κ2) is 4.13. The molecule has 0 saturated heterocycles. The number of imidazole rings is 1. The zero-order chi connectivity index (χ0) is 12.5. The van der Waals surface area contributed by atoms with Crippen molar-refractivity contribution in [3.05, 3.63) is 40.3 Å². The molecule has 0 unspecified atom stereocenters. The van der Waals surface area contributed by atoms with Crippen LogP contribution >= 0.6 is 11.3 Å². The Kier molecular flexibility index (Phi) is 2.46. The summed E-state index contributed by atoms with van der Waals surface area (Å²) < 4.78 is 1.87. The first-order valence-electron chi connectivity index (χ1n) is 5.31. The lowest BCUT2D eigenvalue weighted by Gasteiger charge is -2.03. The van der Waals surface area contributed by atoms with Crippen molar-refractivity contribution >= 4 is 28.3 Å². The highest BCUT2D eigenvalue weighted by molar-refractivity contribution is 7.07. The Morgan fingerprint density at radius 3 is 3.06 bits per heavy atom. The van der Waals surface area contributed by atoms with Gasteiger partial charge in [0, 0.05) is 5.38 Å². The first-order valence-corrected chi connectivity index (χ1v) is 6.25. The van der Waals surface area contributed by atoms with E-state index in [-0.39, 0.29) is 0 Å². The van der Waals surface area contributed by atoms with Gasteiger partial charge in [0.05, 0.1) is 40.4 Å². The molecule has 88 valence electrons. The third kappa shape index (κ3) is 1.71. The zero-order valence-corrected chi connectivity index (χ0v) is 10.2. The molecule has 0 atom stereocenters. The van der Waals surface area contributed by atoms with Crippen LogP contribution in [0.3, 0.4) is 0 Å². The third-order valence-corrected chi connectivity index (χ3v) is 3.35. The molecule has 2 aromatic heterocycles. The number of nitrogen functional groups attached to an aromatic ring is 1. The average molecular weight is 255 g/mol. The number of nitrogens with zero attached hydrogens (tertiary/aromatic N) is 4. The van der Waals surface area contributed by atoms with E-state index in [1.165, 1.54) is 0 Å². The Hall–Kier alpha value is -2.39. The van der Waals surface area contributed by atoms with Crippen molar-refractivity contribution in [2.24, 2.45) is 0 Å². The molecule has 3 rings (SSSR count). The number of anilines is 1. The third-order valence-electron chi connectivity index (χ3n) is 2.71. The second-order valence-electron chi connectivity index (χ2n) is 3.85. The quantitative estimate of drug-likeness (QED) is 0.759. The van der Waals surface area contributed by atoms with E-state index < -0.39 is 0 Å². The second-order valence-corrected chi connectivity index (χ2v) is 4.57. The predicted molar refractivity (Wildman–Crippen MR) is 70.1 cm³/mol. The van der Waals surface area contributed by atoms with Gasteiger partial charge in [-0.05, 0) is 18.2 Å². The SMILES string of the molecule is N#Cc1ccc2nc(N)n(Cc3cscn3)c2c1. The number of hydrogen-bond acceptors (Lipinski definition) is 5. The molecule has 2 N–H and O–H groups in total. The largest absolute Gasteiger partial charge is 0.369 e. The molecule has 0 radical (unpaired) electrons. The van der Waals surface area contributed by atoms with Crippen LogP contribution in [-0.2, 0) is 6.54 Å². The molecule has 6 heteroatoms. The lowest BCUT2D eigenvalue weighted by Crippen LogP contribution is -2.04. The van der Waals surface area contributed by atoms with Gasteiger partial charge in [0.1, 0.15) is 0 Å². The van der Waals surface area contributed by atoms with Gasteiger partial charge in [-0.2, -0.15) is 5.26 Å². The Morgan fingerprint density at radius 1 is 1.44 bits per heavy atom. The van der Waals surface area contributed by atoms with Crippen LogP contribution in [0.15, 0.2) is 29.1 Å². The van der Waals surface area contributed by atoms with E-state index in [4.69, 9.17) is 11.0 Å². The lowest BCUT2D eigenvalue weighted by atomic mass is 10.2. The summed E-state index contributed by atoms with van der Waals surface area (Å²) in [5.74, 6) is 0.438. The van der Waals surface area contributed by atoms with Crippen LogP contribution in [0.2, 0.25) is 0 Å². The Labute approximate surface area is 107 Å². The minimum absolute atomic E-state index is 0.438. The van der Waals surface area contributed by atoms with E-state index in [1.807, 2.05) is 16.0 Å². The Morgan fingerprint density at radius 2 is 2.33 bits per heavy atom. The van der Waals surface area contributed by atoms with Crippen LogP contribution in [-0.4, -0.2) is 14.5 Å². The number of fused-ring (bicyclic) bond motifs is 1.